The van der Waals surface area contributed by atoms with Crippen LogP contribution in [0.2, 0.25) is 0 Å². The smallest absolute Gasteiger partial charge is 0.0457 e. The highest BCUT2D eigenvalue weighted by molar-refractivity contribution is 5.82. The Hall–Kier alpha value is -1.32. The molecule has 0 aliphatic carbocycles. The van der Waals surface area contributed by atoms with Crippen LogP contribution in [0.15, 0.2) is 30.5 Å². The summed E-state index contributed by atoms with van der Waals surface area (Å²) < 4.78 is 0. The molecule has 0 atom stereocenters. The number of H-pyrrole nitrogens is 1. The van der Waals surface area contributed by atoms with Crippen LogP contribution < -0.4 is 5.32 Å². The van der Waals surface area contributed by atoms with Gasteiger partial charge in [-0.3, -0.25) is 0 Å². The van der Waals surface area contributed by atoms with Gasteiger partial charge in [-0.2, -0.15) is 0 Å². The summed E-state index contributed by atoms with van der Waals surface area (Å²) in [5, 5.41) is 13.7. The zero-order chi connectivity index (χ0) is 12.3. The number of aliphatic hydroxyl groups is 1. The lowest BCUT2D eigenvalue weighted by Gasteiger charge is -2.25. The Labute approximate surface area is 102 Å². The first-order valence-electron chi connectivity index (χ1n) is 6.03. The lowest BCUT2D eigenvalue weighted by Crippen LogP contribution is -2.39. The van der Waals surface area contributed by atoms with Crippen LogP contribution in [0.3, 0.4) is 0 Å². The molecule has 0 amide bonds. The molecule has 0 unspecified atom stereocenters. The Morgan fingerprint density at radius 2 is 2.06 bits per heavy atom. The van der Waals surface area contributed by atoms with Crippen LogP contribution >= 0.6 is 0 Å². The first kappa shape index (κ1) is 12.1. The van der Waals surface area contributed by atoms with Crippen molar-refractivity contribution in [3.63, 3.8) is 0 Å². The van der Waals surface area contributed by atoms with Crippen molar-refractivity contribution >= 4 is 10.9 Å². The first-order chi connectivity index (χ1) is 8.12. The van der Waals surface area contributed by atoms with E-state index in [0.29, 0.717) is 0 Å². The van der Waals surface area contributed by atoms with Crippen molar-refractivity contribution in [3.05, 3.63) is 36.0 Å². The summed E-state index contributed by atoms with van der Waals surface area (Å²) in [6.45, 7) is 5.25. The average molecular weight is 232 g/mol. The maximum Gasteiger partial charge on any atom is 0.0457 e. The molecule has 0 saturated carbocycles. The molecule has 2 rings (SSSR count). The number of aliphatic hydroxyl groups excluding tert-OH is 1. The highest BCUT2D eigenvalue weighted by Crippen LogP contribution is 2.18. The third-order valence-corrected chi connectivity index (χ3v) is 3.17. The van der Waals surface area contributed by atoms with E-state index in [4.69, 9.17) is 5.11 Å². The van der Waals surface area contributed by atoms with Crippen LogP contribution in [0.5, 0.6) is 0 Å². The van der Waals surface area contributed by atoms with Crippen molar-refractivity contribution in [2.75, 3.05) is 6.61 Å². The Balaban J connectivity index is 2.09. The molecular weight excluding hydrogens is 212 g/mol. The van der Waals surface area contributed by atoms with E-state index in [1.165, 1.54) is 16.5 Å². The molecule has 3 nitrogen and oxygen atoms in total. The molecule has 1 aromatic heterocycles. The Morgan fingerprint density at radius 3 is 2.82 bits per heavy atom. The van der Waals surface area contributed by atoms with Crippen LogP contribution in [0.25, 0.3) is 10.9 Å². The van der Waals surface area contributed by atoms with Gasteiger partial charge in [0, 0.05) is 35.8 Å². The lowest BCUT2D eigenvalue weighted by atomic mass is 10.0. The molecule has 3 heteroatoms. The van der Waals surface area contributed by atoms with E-state index in [0.717, 1.165) is 13.0 Å². The normalized spacial score (nSPS) is 12.2. The van der Waals surface area contributed by atoms with Gasteiger partial charge in [-0.25, -0.2) is 0 Å². The maximum absolute atomic E-state index is 8.98. The van der Waals surface area contributed by atoms with E-state index >= 15 is 0 Å². The molecule has 17 heavy (non-hydrogen) atoms. The monoisotopic (exact) mass is 232 g/mol. The van der Waals surface area contributed by atoms with Gasteiger partial charge in [-0.15, -0.1) is 0 Å². The third-order valence-electron chi connectivity index (χ3n) is 3.17. The second kappa shape index (κ2) is 4.90. The Bertz CT molecular complexity index is 488. The highest BCUT2D eigenvalue weighted by atomic mass is 16.3. The number of aromatic nitrogens is 1. The molecule has 0 aliphatic rings. The van der Waals surface area contributed by atoms with Crippen molar-refractivity contribution < 1.29 is 5.11 Å². The molecule has 0 radical (unpaired) electrons. The number of hydrogen-bond donors (Lipinski definition) is 3. The van der Waals surface area contributed by atoms with Crippen molar-refractivity contribution in [3.8, 4) is 0 Å². The number of para-hydroxylation sites is 1. The minimum Gasteiger partial charge on any atom is -0.396 e. The molecule has 1 heterocycles. The number of benzene rings is 1. The van der Waals surface area contributed by atoms with E-state index in [9.17, 15) is 0 Å². The topological polar surface area (TPSA) is 48.0 Å². The van der Waals surface area contributed by atoms with E-state index in [2.05, 4.69) is 42.3 Å². The van der Waals surface area contributed by atoms with Gasteiger partial charge in [-0.1, -0.05) is 18.2 Å². The summed E-state index contributed by atoms with van der Waals surface area (Å²) in [4.78, 5) is 3.27. The molecular formula is C14H20N2O. The molecule has 1 aromatic carbocycles. The SMILES string of the molecule is CC(C)(CCO)NCc1c[nH]c2ccccc12. The largest absolute Gasteiger partial charge is 0.396 e. The molecule has 0 aliphatic heterocycles. The van der Waals surface area contributed by atoms with E-state index in [1.807, 2.05) is 12.3 Å². The first-order valence-corrected chi connectivity index (χ1v) is 6.03. The van der Waals surface area contributed by atoms with Crippen LogP contribution in [0.1, 0.15) is 25.8 Å². The van der Waals surface area contributed by atoms with E-state index in [-0.39, 0.29) is 12.1 Å². The number of hydrogen-bond acceptors (Lipinski definition) is 2. The number of rotatable bonds is 5. The van der Waals surface area contributed by atoms with Crippen molar-refractivity contribution in [2.24, 2.45) is 0 Å². The number of nitrogens with one attached hydrogen (secondary N) is 2. The summed E-state index contributed by atoms with van der Waals surface area (Å²) >= 11 is 0. The summed E-state index contributed by atoms with van der Waals surface area (Å²) in [7, 11) is 0. The molecule has 0 spiro atoms. The minimum atomic E-state index is -0.0346. The van der Waals surface area contributed by atoms with Gasteiger partial charge >= 0.3 is 0 Å². The van der Waals surface area contributed by atoms with Gasteiger partial charge in [0.25, 0.3) is 0 Å². The Kier molecular flexibility index (Phi) is 3.50. The molecule has 2 aromatic rings. The average Bonchev–Trinajstić information content (AvgIpc) is 2.70. The number of fused-ring (bicyclic) bond motifs is 1. The molecule has 0 saturated heterocycles. The van der Waals surface area contributed by atoms with Gasteiger partial charge in [0.2, 0.25) is 0 Å². The summed E-state index contributed by atoms with van der Waals surface area (Å²) in [6, 6.07) is 8.30. The van der Waals surface area contributed by atoms with E-state index < -0.39 is 0 Å². The van der Waals surface area contributed by atoms with Crippen LogP contribution in [-0.4, -0.2) is 22.2 Å². The second-order valence-corrected chi connectivity index (χ2v) is 5.07. The fraction of sp³-hybridized carbons (Fsp3) is 0.429. The van der Waals surface area contributed by atoms with Crippen molar-refractivity contribution in [2.45, 2.75) is 32.4 Å². The van der Waals surface area contributed by atoms with Gasteiger partial charge < -0.3 is 15.4 Å². The predicted octanol–water partition coefficient (Wildman–Crippen LogP) is 2.42. The van der Waals surface area contributed by atoms with Crippen molar-refractivity contribution in [1.82, 2.24) is 10.3 Å². The van der Waals surface area contributed by atoms with Crippen LogP contribution in [0, 0.1) is 0 Å². The van der Waals surface area contributed by atoms with Gasteiger partial charge in [0.15, 0.2) is 0 Å². The quantitative estimate of drug-likeness (QED) is 0.741. The van der Waals surface area contributed by atoms with Crippen molar-refractivity contribution in [1.29, 1.82) is 0 Å². The molecule has 0 bridgehead atoms. The second-order valence-electron chi connectivity index (χ2n) is 5.07. The van der Waals surface area contributed by atoms with Crippen LogP contribution in [-0.2, 0) is 6.54 Å². The predicted molar refractivity (Wildman–Crippen MR) is 70.9 cm³/mol. The minimum absolute atomic E-state index is 0.0346. The van der Waals surface area contributed by atoms with Crippen LogP contribution in [0.4, 0.5) is 0 Å². The lowest BCUT2D eigenvalue weighted by molar-refractivity contribution is 0.230. The molecule has 3 N–H and O–H groups in total. The Morgan fingerprint density at radius 1 is 1.29 bits per heavy atom. The maximum atomic E-state index is 8.98. The summed E-state index contributed by atoms with van der Waals surface area (Å²) in [6.07, 6.45) is 2.81. The fourth-order valence-corrected chi connectivity index (χ4v) is 1.98. The van der Waals surface area contributed by atoms with Gasteiger partial charge in [0.05, 0.1) is 0 Å². The van der Waals surface area contributed by atoms with E-state index in [1.54, 1.807) is 0 Å². The highest BCUT2D eigenvalue weighted by Gasteiger charge is 2.16. The van der Waals surface area contributed by atoms with Gasteiger partial charge in [-0.05, 0) is 31.9 Å². The zero-order valence-corrected chi connectivity index (χ0v) is 10.5. The number of aromatic amines is 1. The molecule has 92 valence electrons. The fourth-order valence-electron chi connectivity index (χ4n) is 1.98. The third kappa shape index (κ3) is 2.87. The molecule has 0 fully saturated rings. The van der Waals surface area contributed by atoms with Gasteiger partial charge in [0.1, 0.15) is 0 Å². The standard InChI is InChI=1S/C14H20N2O/c1-14(2,7-8-17)16-10-11-9-15-13-6-4-3-5-12(11)13/h3-6,9,15-17H,7-8,10H2,1-2H3. The summed E-state index contributed by atoms with van der Waals surface area (Å²) in [5.74, 6) is 0. The summed E-state index contributed by atoms with van der Waals surface area (Å²) in [5.41, 5.74) is 2.41. The zero-order valence-electron chi connectivity index (χ0n) is 10.5.